The zero-order valence-corrected chi connectivity index (χ0v) is 14.2. The molecule has 1 fully saturated rings. The second kappa shape index (κ2) is 6.55. The van der Waals surface area contributed by atoms with Gasteiger partial charge in [0.2, 0.25) is 0 Å². The Hall–Kier alpha value is -2.89. The molecular weight excluding hydrogens is 314 g/mol. The van der Waals surface area contributed by atoms with Crippen molar-refractivity contribution in [3.8, 4) is 0 Å². The second-order valence-corrected chi connectivity index (χ2v) is 6.54. The van der Waals surface area contributed by atoms with Crippen molar-refractivity contribution in [2.45, 2.75) is 25.8 Å². The maximum atomic E-state index is 12.7. The number of hydrogen-bond donors (Lipinski definition) is 2. The minimum absolute atomic E-state index is 0.0739. The van der Waals surface area contributed by atoms with E-state index in [0.717, 1.165) is 48.3 Å². The van der Waals surface area contributed by atoms with Crippen LogP contribution in [0.5, 0.6) is 0 Å². The number of rotatable bonds is 3. The van der Waals surface area contributed by atoms with Crippen LogP contribution in [0.25, 0.3) is 10.9 Å². The quantitative estimate of drug-likeness (QED) is 0.772. The molecule has 3 aromatic rings. The molecule has 1 aliphatic rings. The van der Waals surface area contributed by atoms with E-state index in [4.69, 9.17) is 0 Å². The van der Waals surface area contributed by atoms with Crippen molar-refractivity contribution in [3.05, 3.63) is 53.9 Å². The van der Waals surface area contributed by atoms with Gasteiger partial charge in [0.1, 0.15) is 11.5 Å². The molecule has 128 valence electrons. The summed E-state index contributed by atoms with van der Waals surface area (Å²) in [6, 6.07) is 14.1. The van der Waals surface area contributed by atoms with E-state index in [1.165, 1.54) is 0 Å². The molecule has 0 saturated carbocycles. The number of likely N-dealkylation sites (tertiary alicyclic amines) is 1. The fourth-order valence-electron chi connectivity index (χ4n) is 3.27. The van der Waals surface area contributed by atoms with Gasteiger partial charge in [0.25, 0.3) is 5.91 Å². The number of carbonyl (C=O) groups is 1. The molecule has 0 radical (unpaired) electrons. The van der Waals surface area contributed by atoms with Crippen LogP contribution in [-0.2, 0) is 0 Å². The van der Waals surface area contributed by atoms with Gasteiger partial charge in [-0.15, -0.1) is 5.10 Å². The Morgan fingerprint density at radius 3 is 2.68 bits per heavy atom. The second-order valence-electron chi connectivity index (χ2n) is 6.54. The molecule has 0 unspecified atom stereocenters. The Morgan fingerprint density at radius 1 is 1.16 bits per heavy atom. The summed E-state index contributed by atoms with van der Waals surface area (Å²) in [5.41, 5.74) is 2.57. The zero-order valence-electron chi connectivity index (χ0n) is 14.2. The lowest BCUT2D eigenvalue weighted by Crippen LogP contribution is -2.42. The summed E-state index contributed by atoms with van der Waals surface area (Å²) < 4.78 is 0. The molecule has 0 aliphatic carbocycles. The van der Waals surface area contributed by atoms with Gasteiger partial charge >= 0.3 is 0 Å². The predicted molar refractivity (Wildman–Crippen MR) is 97.6 cm³/mol. The van der Waals surface area contributed by atoms with Crippen molar-refractivity contribution in [3.63, 3.8) is 0 Å². The van der Waals surface area contributed by atoms with Crippen LogP contribution in [0.4, 0.5) is 5.82 Å². The Morgan fingerprint density at radius 2 is 1.96 bits per heavy atom. The SMILES string of the molecule is Cc1ccc(NC2CCN(C(=O)c3cc4ccccc4[nH]3)CC2)nn1. The summed E-state index contributed by atoms with van der Waals surface area (Å²) >= 11 is 0. The summed E-state index contributed by atoms with van der Waals surface area (Å²) in [5, 5.41) is 12.7. The largest absolute Gasteiger partial charge is 0.366 e. The zero-order chi connectivity index (χ0) is 17.2. The first-order chi connectivity index (χ1) is 12.2. The minimum Gasteiger partial charge on any atom is -0.366 e. The van der Waals surface area contributed by atoms with E-state index in [1.54, 1.807) is 0 Å². The lowest BCUT2D eigenvalue weighted by atomic mass is 10.0. The molecule has 2 N–H and O–H groups in total. The van der Waals surface area contributed by atoms with Crippen LogP contribution < -0.4 is 5.32 Å². The molecule has 0 spiro atoms. The third kappa shape index (κ3) is 3.33. The highest BCUT2D eigenvalue weighted by molar-refractivity contribution is 5.98. The smallest absolute Gasteiger partial charge is 0.270 e. The number of nitrogens with one attached hydrogen (secondary N) is 2. The van der Waals surface area contributed by atoms with E-state index in [-0.39, 0.29) is 5.91 Å². The highest BCUT2D eigenvalue weighted by atomic mass is 16.2. The van der Waals surface area contributed by atoms with Crippen LogP contribution in [-0.4, -0.2) is 45.1 Å². The van der Waals surface area contributed by atoms with Crippen molar-refractivity contribution < 1.29 is 4.79 Å². The topological polar surface area (TPSA) is 73.9 Å². The number of aromatic nitrogens is 3. The number of amides is 1. The summed E-state index contributed by atoms with van der Waals surface area (Å²) in [7, 11) is 0. The van der Waals surface area contributed by atoms with Gasteiger partial charge in [-0.25, -0.2) is 0 Å². The van der Waals surface area contributed by atoms with Crippen molar-refractivity contribution in [1.82, 2.24) is 20.1 Å². The number of hydrogen-bond acceptors (Lipinski definition) is 4. The molecule has 1 saturated heterocycles. The fraction of sp³-hybridized carbons (Fsp3) is 0.316. The van der Waals surface area contributed by atoms with Crippen LogP contribution in [0.1, 0.15) is 29.0 Å². The Balaban J connectivity index is 1.37. The number of H-pyrrole nitrogens is 1. The van der Waals surface area contributed by atoms with E-state index in [0.29, 0.717) is 11.7 Å². The summed E-state index contributed by atoms with van der Waals surface area (Å²) in [6.45, 7) is 3.40. The van der Waals surface area contributed by atoms with Crippen LogP contribution in [0.2, 0.25) is 0 Å². The molecule has 1 amide bonds. The lowest BCUT2D eigenvalue weighted by Gasteiger charge is -2.32. The number of nitrogens with zero attached hydrogens (tertiary/aromatic N) is 3. The summed E-state index contributed by atoms with van der Waals surface area (Å²) in [4.78, 5) is 17.9. The standard InChI is InChI=1S/C19H21N5O/c1-13-6-7-18(23-22-13)20-15-8-10-24(11-9-15)19(25)17-12-14-4-2-3-5-16(14)21-17/h2-7,12,15,21H,8-11H2,1H3,(H,20,23). The highest BCUT2D eigenvalue weighted by Gasteiger charge is 2.24. The van der Waals surface area contributed by atoms with Gasteiger partial charge in [0, 0.05) is 30.0 Å². The first-order valence-corrected chi connectivity index (χ1v) is 8.63. The average Bonchev–Trinajstić information content (AvgIpc) is 3.08. The molecule has 1 aromatic carbocycles. The van der Waals surface area contributed by atoms with E-state index in [1.807, 2.05) is 54.3 Å². The van der Waals surface area contributed by atoms with Gasteiger partial charge < -0.3 is 15.2 Å². The van der Waals surface area contributed by atoms with Gasteiger partial charge in [0.15, 0.2) is 0 Å². The van der Waals surface area contributed by atoms with Crippen LogP contribution >= 0.6 is 0 Å². The molecule has 0 atom stereocenters. The van der Waals surface area contributed by atoms with Crippen LogP contribution in [0.3, 0.4) is 0 Å². The number of benzene rings is 1. The van der Waals surface area contributed by atoms with Crippen LogP contribution in [0, 0.1) is 6.92 Å². The lowest BCUT2D eigenvalue weighted by molar-refractivity contribution is 0.0713. The number of para-hydroxylation sites is 1. The third-order valence-electron chi connectivity index (χ3n) is 4.69. The van der Waals surface area contributed by atoms with Crippen molar-refractivity contribution >= 4 is 22.6 Å². The molecule has 25 heavy (non-hydrogen) atoms. The number of anilines is 1. The Labute approximate surface area is 146 Å². The normalized spacial score (nSPS) is 15.5. The van der Waals surface area contributed by atoms with Gasteiger partial charge in [-0.1, -0.05) is 18.2 Å². The van der Waals surface area contributed by atoms with Crippen molar-refractivity contribution in [2.24, 2.45) is 0 Å². The van der Waals surface area contributed by atoms with Crippen molar-refractivity contribution in [1.29, 1.82) is 0 Å². The maximum absolute atomic E-state index is 12.7. The average molecular weight is 335 g/mol. The van der Waals surface area contributed by atoms with Gasteiger partial charge in [-0.05, 0) is 44.0 Å². The number of piperidine rings is 1. The first-order valence-electron chi connectivity index (χ1n) is 8.63. The number of carbonyl (C=O) groups excluding carboxylic acids is 1. The molecule has 3 heterocycles. The number of aromatic amines is 1. The number of fused-ring (bicyclic) bond motifs is 1. The van der Waals surface area contributed by atoms with E-state index in [2.05, 4.69) is 20.5 Å². The molecule has 4 rings (SSSR count). The number of aryl methyl sites for hydroxylation is 1. The molecule has 1 aliphatic heterocycles. The van der Waals surface area contributed by atoms with Gasteiger partial charge in [-0.2, -0.15) is 5.10 Å². The highest BCUT2D eigenvalue weighted by Crippen LogP contribution is 2.20. The van der Waals surface area contributed by atoms with E-state index in [9.17, 15) is 4.79 Å². The van der Waals surface area contributed by atoms with Crippen molar-refractivity contribution in [2.75, 3.05) is 18.4 Å². The molecule has 6 heteroatoms. The first kappa shape index (κ1) is 15.6. The molecule has 6 nitrogen and oxygen atoms in total. The fourth-order valence-corrected chi connectivity index (χ4v) is 3.27. The van der Waals surface area contributed by atoms with Gasteiger partial charge in [0.05, 0.1) is 5.69 Å². The third-order valence-corrected chi connectivity index (χ3v) is 4.69. The predicted octanol–water partition coefficient (Wildman–Crippen LogP) is 2.98. The summed E-state index contributed by atoms with van der Waals surface area (Å²) in [6.07, 6.45) is 1.81. The van der Waals surface area contributed by atoms with Crippen LogP contribution in [0.15, 0.2) is 42.5 Å². The molecule has 2 aromatic heterocycles. The Bertz CT molecular complexity index is 845. The monoisotopic (exact) mass is 335 g/mol. The molecular formula is C19H21N5O. The molecule has 0 bridgehead atoms. The minimum atomic E-state index is 0.0739. The maximum Gasteiger partial charge on any atom is 0.270 e. The Kier molecular flexibility index (Phi) is 4.09. The summed E-state index contributed by atoms with van der Waals surface area (Å²) in [5.74, 6) is 0.871. The van der Waals surface area contributed by atoms with E-state index < -0.39 is 0 Å². The van der Waals surface area contributed by atoms with E-state index >= 15 is 0 Å². The van der Waals surface area contributed by atoms with Gasteiger partial charge in [-0.3, -0.25) is 4.79 Å².